The van der Waals surface area contributed by atoms with Crippen LogP contribution in [0.25, 0.3) is 0 Å². The van der Waals surface area contributed by atoms with E-state index in [0.717, 1.165) is 12.8 Å². The van der Waals surface area contributed by atoms with Gasteiger partial charge >= 0.3 is 0 Å². The summed E-state index contributed by atoms with van der Waals surface area (Å²) in [6.45, 7) is 2.92. The van der Waals surface area contributed by atoms with E-state index in [-0.39, 0.29) is 17.9 Å². The van der Waals surface area contributed by atoms with E-state index in [4.69, 9.17) is 16.0 Å². The smallest absolute Gasteiger partial charge is 0.287 e. The standard InChI is InChI=1S/C13H17ClN2O3/c1-9(14)13(18)16-6-4-10(5-7-16)15-12(17)11-3-2-8-19-11/h2-3,8-10H,4-7H2,1H3,(H,15,17). The zero-order chi connectivity index (χ0) is 13.8. The molecule has 104 valence electrons. The highest BCUT2D eigenvalue weighted by Crippen LogP contribution is 2.14. The van der Waals surface area contributed by atoms with Crippen molar-refractivity contribution >= 4 is 23.4 Å². The van der Waals surface area contributed by atoms with Crippen LogP contribution in [0.1, 0.15) is 30.3 Å². The van der Waals surface area contributed by atoms with Crippen molar-refractivity contribution in [1.82, 2.24) is 10.2 Å². The molecule has 1 saturated heterocycles. The van der Waals surface area contributed by atoms with Gasteiger partial charge in [-0.3, -0.25) is 9.59 Å². The summed E-state index contributed by atoms with van der Waals surface area (Å²) < 4.78 is 5.03. The summed E-state index contributed by atoms with van der Waals surface area (Å²) >= 11 is 5.78. The van der Waals surface area contributed by atoms with Crippen LogP contribution in [-0.2, 0) is 4.79 Å². The minimum atomic E-state index is -0.491. The van der Waals surface area contributed by atoms with Crippen molar-refractivity contribution in [3.63, 3.8) is 0 Å². The second-order valence-corrected chi connectivity index (χ2v) is 5.32. The topological polar surface area (TPSA) is 62.6 Å². The molecule has 1 aliphatic heterocycles. The molecule has 0 radical (unpaired) electrons. The molecule has 1 atom stereocenters. The van der Waals surface area contributed by atoms with Crippen molar-refractivity contribution < 1.29 is 14.0 Å². The normalized spacial score (nSPS) is 18.1. The predicted octanol–water partition coefficient (Wildman–Crippen LogP) is 1.63. The van der Waals surface area contributed by atoms with Crippen molar-refractivity contribution in [3.8, 4) is 0 Å². The Kier molecular flexibility index (Phi) is 4.47. The summed E-state index contributed by atoms with van der Waals surface area (Å²) in [6.07, 6.45) is 2.95. The first-order valence-electron chi connectivity index (χ1n) is 6.35. The number of amides is 2. The van der Waals surface area contributed by atoms with E-state index in [1.807, 2.05) is 0 Å². The molecule has 0 saturated carbocycles. The van der Waals surface area contributed by atoms with Crippen LogP contribution in [0, 0.1) is 0 Å². The molecule has 2 amide bonds. The number of furan rings is 1. The molecule has 19 heavy (non-hydrogen) atoms. The van der Waals surface area contributed by atoms with Gasteiger partial charge in [-0.25, -0.2) is 0 Å². The zero-order valence-corrected chi connectivity index (χ0v) is 11.5. The van der Waals surface area contributed by atoms with Gasteiger partial charge in [0, 0.05) is 19.1 Å². The van der Waals surface area contributed by atoms with Gasteiger partial charge in [0.15, 0.2) is 5.76 Å². The number of carbonyl (C=O) groups excluding carboxylic acids is 2. The van der Waals surface area contributed by atoms with Crippen LogP contribution < -0.4 is 5.32 Å². The summed E-state index contributed by atoms with van der Waals surface area (Å²) in [4.78, 5) is 25.2. The Morgan fingerprint density at radius 3 is 2.68 bits per heavy atom. The zero-order valence-electron chi connectivity index (χ0n) is 10.8. The van der Waals surface area contributed by atoms with Crippen LogP contribution in [0.2, 0.25) is 0 Å². The third-order valence-electron chi connectivity index (χ3n) is 3.23. The van der Waals surface area contributed by atoms with Crippen LogP contribution in [0.5, 0.6) is 0 Å². The van der Waals surface area contributed by atoms with Gasteiger partial charge in [0.05, 0.1) is 6.26 Å². The summed E-state index contributed by atoms with van der Waals surface area (Å²) in [6, 6.07) is 3.38. The molecule has 1 N–H and O–H groups in total. The van der Waals surface area contributed by atoms with Gasteiger partial charge in [-0.05, 0) is 31.9 Å². The number of nitrogens with zero attached hydrogens (tertiary/aromatic N) is 1. The lowest BCUT2D eigenvalue weighted by Crippen LogP contribution is -2.48. The first-order chi connectivity index (χ1) is 9.08. The van der Waals surface area contributed by atoms with Crippen molar-refractivity contribution in [3.05, 3.63) is 24.2 Å². The van der Waals surface area contributed by atoms with Crippen molar-refractivity contribution in [2.75, 3.05) is 13.1 Å². The quantitative estimate of drug-likeness (QED) is 0.858. The molecule has 1 aromatic heterocycles. The van der Waals surface area contributed by atoms with Gasteiger partial charge < -0.3 is 14.6 Å². The lowest BCUT2D eigenvalue weighted by atomic mass is 10.0. The second kappa shape index (κ2) is 6.10. The summed E-state index contributed by atoms with van der Waals surface area (Å²) in [7, 11) is 0. The Morgan fingerprint density at radius 2 is 2.16 bits per heavy atom. The van der Waals surface area contributed by atoms with Crippen LogP contribution in [0.3, 0.4) is 0 Å². The lowest BCUT2D eigenvalue weighted by Gasteiger charge is -2.32. The number of alkyl halides is 1. The third kappa shape index (κ3) is 3.50. The largest absolute Gasteiger partial charge is 0.459 e. The number of likely N-dealkylation sites (tertiary alicyclic amines) is 1. The van der Waals surface area contributed by atoms with Crippen LogP contribution in [0.4, 0.5) is 0 Å². The Balaban J connectivity index is 1.81. The molecule has 1 unspecified atom stereocenters. The first-order valence-corrected chi connectivity index (χ1v) is 6.79. The van der Waals surface area contributed by atoms with Crippen molar-refractivity contribution in [1.29, 1.82) is 0 Å². The van der Waals surface area contributed by atoms with Crippen molar-refractivity contribution in [2.24, 2.45) is 0 Å². The Morgan fingerprint density at radius 1 is 1.47 bits per heavy atom. The van der Waals surface area contributed by atoms with Crippen LogP contribution in [-0.4, -0.2) is 41.2 Å². The molecular formula is C13H17ClN2O3. The van der Waals surface area contributed by atoms with Gasteiger partial charge in [0.1, 0.15) is 5.38 Å². The van der Waals surface area contributed by atoms with Gasteiger partial charge in [-0.1, -0.05) is 0 Å². The van der Waals surface area contributed by atoms with Gasteiger partial charge in [-0.2, -0.15) is 0 Å². The molecule has 0 aromatic carbocycles. The number of halogens is 1. The summed E-state index contributed by atoms with van der Waals surface area (Å²) in [5.41, 5.74) is 0. The fraction of sp³-hybridized carbons (Fsp3) is 0.538. The SMILES string of the molecule is CC(Cl)C(=O)N1CCC(NC(=O)c2ccco2)CC1. The maximum atomic E-state index is 11.8. The van der Waals surface area contributed by atoms with E-state index in [1.54, 1.807) is 24.0 Å². The Labute approximate surface area is 116 Å². The van der Waals surface area contributed by atoms with E-state index in [0.29, 0.717) is 18.8 Å². The van der Waals surface area contributed by atoms with E-state index in [1.165, 1.54) is 6.26 Å². The number of nitrogens with one attached hydrogen (secondary N) is 1. The molecule has 2 rings (SSSR count). The first kappa shape index (κ1) is 13.9. The van der Waals surface area contributed by atoms with Crippen molar-refractivity contribution in [2.45, 2.75) is 31.2 Å². The van der Waals surface area contributed by atoms with E-state index in [2.05, 4.69) is 5.32 Å². The Bertz CT molecular complexity index is 437. The average Bonchev–Trinajstić information content (AvgIpc) is 2.92. The minimum Gasteiger partial charge on any atom is -0.459 e. The predicted molar refractivity (Wildman–Crippen MR) is 71.1 cm³/mol. The van der Waals surface area contributed by atoms with E-state index < -0.39 is 5.38 Å². The van der Waals surface area contributed by atoms with Gasteiger partial charge in [0.2, 0.25) is 5.91 Å². The van der Waals surface area contributed by atoms with E-state index >= 15 is 0 Å². The molecular weight excluding hydrogens is 268 g/mol. The number of rotatable bonds is 3. The highest BCUT2D eigenvalue weighted by atomic mass is 35.5. The monoisotopic (exact) mass is 284 g/mol. The average molecular weight is 285 g/mol. The Hall–Kier alpha value is -1.49. The third-order valence-corrected chi connectivity index (χ3v) is 3.41. The molecule has 0 spiro atoms. The molecule has 2 heterocycles. The second-order valence-electron chi connectivity index (χ2n) is 4.67. The summed E-state index contributed by atoms with van der Waals surface area (Å²) in [5, 5.41) is 2.41. The fourth-order valence-corrected chi connectivity index (χ4v) is 2.30. The minimum absolute atomic E-state index is 0.0440. The van der Waals surface area contributed by atoms with Crippen LogP contribution >= 0.6 is 11.6 Å². The van der Waals surface area contributed by atoms with Crippen LogP contribution in [0.15, 0.2) is 22.8 Å². The lowest BCUT2D eigenvalue weighted by molar-refractivity contribution is -0.131. The molecule has 1 aliphatic rings. The number of hydrogen-bond acceptors (Lipinski definition) is 3. The highest BCUT2D eigenvalue weighted by Gasteiger charge is 2.26. The highest BCUT2D eigenvalue weighted by molar-refractivity contribution is 6.30. The molecule has 5 nitrogen and oxygen atoms in total. The maximum Gasteiger partial charge on any atom is 0.287 e. The van der Waals surface area contributed by atoms with E-state index in [9.17, 15) is 9.59 Å². The van der Waals surface area contributed by atoms with Gasteiger partial charge in [0.25, 0.3) is 5.91 Å². The number of carbonyl (C=O) groups is 2. The maximum absolute atomic E-state index is 11.8. The summed E-state index contributed by atoms with van der Waals surface area (Å²) in [5.74, 6) is 0.0610. The molecule has 0 bridgehead atoms. The fourth-order valence-electron chi connectivity index (χ4n) is 2.16. The molecule has 0 aliphatic carbocycles. The number of piperidine rings is 1. The molecule has 6 heteroatoms. The van der Waals surface area contributed by atoms with Gasteiger partial charge in [-0.15, -0.1) is 11.6 Å². The number of hydrogen-bond donors (Lipinski definition) is 1. The molecule has 1 aromatic rings. The molecule has 1 fully saturated rings.